The van der Waals surface area contributed by atoms with Crippen LogP contribution < -0.4 is 14.2 Å². The Kier molecular flexibility index (Phi) is 15.8. The zero-order valence-electron chi connectivity index (χ0n) is 27.2. The van der Waals surface area contributed by atoms with Gasteiger partial charge in [0.2, 0.25) is 12.6 Å². The first-order valence-electron chi connectivity index (χ1n) is 15.0. The second-order valence-electron chi connectivity index (χ2n) is 11.4. The molecule has 48 heavy (non-hydrogen) atoms. The molecule has 16 nitrogen and oxygen atoms in total. The second kappa shape index (κ2) is 18.7. The van der Waals surface area contributed by atoms with Crippen LogP contribution in [-0.4, -0.2) is 128 Å². The number of benzene rings is 2. The monoisotopic (exact) mass is 686 g/mol. The minimum Gasteiger partial charge on any atom is -0.504 e. The maximum absolute atomic E-state index is 11.3. The summed E-state index contributed by atoms with van der Waals surface area (Å²) in [4.78, 5) is 22.6. The molecule has 1 heterocycles. The van der Waals surface area contributed by atoms with E-state index >= 15 is 0 Å². The Hall–Kier alpha value is -3.74. The van der Waals surface area contributed by atoms with Crippen molar-refractivity contribution in [3.05, 3.63) is 47.5 Å². The number of aliphatic hydroxyl groups excluding tert-OH is 6. The molecule has 0 aromatic heterocycles. The van der Waals surface area contributed by atoms with Gasteiger partial charge in [0.25, 0.3) is 0 Å². The first kappa shape index (κ1) is 40.4. The number of phenols is 1. The predicted octanol–water partition coefficient (Wildman–Crippen LogP) is -0.114. The minimum atomic E-state index is -2.02. The van der Waals surface area contributed by atoms with Crippen LogP contribution in [-0.2, 0) is 31.9 Å². The van der Waals surface area contributed by atoms with Gasteiger partial charge < -0.3 is 69.6 Å². The number of methoxy groups -OCH3 is 2. The fraction of sp³-hybridized carbons (Fsp3) is 0.562. The van der Waals surface area contributed by atoms with Crippen LogP contribution in [0.4, 0.5) is 0 Å². The molecular weight excluding hydrogens is 640 g/mol. The number of rotatable bonds is 16. The molecule has 0 aliphatic carbocycles. The standard InChI is InChI=1S/C31H42O15.CH4O/c1-14(9-16-5-7-20(18(32)11-16)44-23-13-19(33)24(34)28(46-23)30(39)40)15(2)10-17-6-8-21(42-3)22(12-17)45-31(41)26(36)25(35)27(43-4)29(37)38;1-2/h5-8,11-12,14-15,19,23-28,31-36,41H,9-10,13H2,1-4H3,(H,37,38)(H,39,40);2H,1H3/t14?,15?,19-,23-,24+,25+,26+,27+,28+,31+;/m1./s1. The average molecular weight is 687 g/mol. The van der Waals surface area contributed by atoms with Crippen molar-refractivity contribution < 1.29 is 79.2 Å². The van der Waals surface area contributed by atoms with Gasteiger partial charge in [-0.1, -0.05) is 26.0 Å². The van der Waals surface area contributed by atoms with Gasteiger partial charge in [-0.25, -0.2) is 9.59 Å². The minimum absolute atomic E-state index is 0.0217. The molecule has 1 aliphatic rings. The number of carbonyl (C=O) groups is 2. The van der Waals surface area contributed by atoms with Gasteiger partial charge in [-0.2, -0.15) is 0 Å². The van der Waals surface area contributed by atoms with Gasteiger partial charge in [-0.05, 0) is 60.1 Å². The van der Waals surface area contributed by atoms with Crippen molar-refractivity contribution in [3.63, 3.8) is 0 Å². The lowest BCUT2D eigenvalue weighted by Gasteiger charge is -2.34. The topological polar surface area (TPSA) is 262 Å². The van der Waals surface area contributed by atoms with E-state index in [9.17, 15) is 45.3 Å². The average Bonchev–Trinajstić information content (AvgIpc) is 3.04. The summed E-state index contributed by atoms with van der Waals surface area (Å²) in [5, 5.41) is 86.5. The number of ether oxygens (including phenoxy) is 5. The van der Waals surface area contributed by atoms with Crippen molar-refractivity contribution in [2.24, 2.45) is 11.8 Å². The summed E-state index contributed by atoms with van der Waals surface area (Å²) in [7, 11) is 3.42. The molecule has 1 aliphatic heterocycles. The molecule has 2 unspecified atom stereocenters. The number of hydrogen-bond donors (Lipinski definition) is 9. The Labute approximate surface area is 277 Å². The van der Waals surface area contributed by atoms with Crippen LogP contribution in [0.2, 0.25) is 0 Å². The van der Waals surface area contributed by atoms with Gasteiger partial charge in [-0.3, -0.25) is 0 Å². The van der Waals surface area contributed by atoms with Crippen LogP contribution in [0.15, 0.2) is 36.4 Å². The molecule has 0 spiro atoms. The molecule has 10 atom stereocenters. The first-order valence-corrected chi connectivity index (χ1v) is 15.0. The van der Waals surface area contributed by atoms with Crippen LogP contribution in [0.3, 0.4) is 0 Å². The molecular formula is C32H46O16. The fourth-order valence-electron chi connectivity index (χ4n) is 5.07. The highest BCUT2D eigenvalue weighted by Crippen LogP contribution is 2.34. The molecule has 2 aromatic rings. The lowest BCUT2D eigenvalue weighted by Crippen LogP contribution is -2.53. The summed E-state index contributed by atoms with van der Waals surface area (Å²) in [6, 6.07) is 9.77. The molecule has 16 heteroatoms. The van der Waals surface area contributed by atoms with Gasteiger partial charge in [-0.15, -0.1) is 0 Å². The first-order chi connectivity index (χ1) is 22.7. The van der Waals surface area contributed by atoms with Gasteiger partial charge in [0.05, 0.1) is 13.2 Å². The SMILES string of the molecule is CO.COc1ccc(CC(C)C(C)Cc2ccc(O[C@H]3C[C@@H](O)[C@H](O)[C@@H](C(=O)O)O3)c(O)c2)cc1O[C@H](O)[C@@H](O)[C@H](O)[C@H](OC)C(=O)O. The Morgan fingerprint density at radius 3 is 1.94 bits per heavy atom. The molecule has 0 bridgehead atoms. The molecule has 270 valence electrons. The van der Waals surface area contributed by atoms with E-state index in [0.29, 0.717) is 12.8 Å². The Morgan fingerprint density at radius 1 is 0.875 bits per heavy atom. The van der Waals surface area contributed by atoms with Crippen LogP contribution in [0.1, 0.15) is 31.4 Å². The van der Waals surface area contributed by atoms with Crippen molar-refractivity contribution in [2.45, 2.75) is 82.3 Å². The maximum atomic E-state index is 11.3. The van der Waals surface area contributed by atoms with Crippen molar-refractivity contribution in [3.8, 4) is 23.0 Å². The van der Waals surface area contributed by atoms with Gasteiger partial charge >= 0.3 is 11.9 Å². The van der Waals surface area contributed by atoms with Crippen molar-refractivity contribution in [2.75, 3.05) is 21.3 Å². The normalized spacial score (nSPS) is 22.9. The summed E-state index contributed by atoms with van der Waals surface area (Å²) in [6.45, 7) is 4.05. The van der Waals surface area contributed by atoms with Crippen LogP contribution >= 0.6 is 0 Å². The second-order valence-corrected chi connectivity index (χ2v) is 11.4. The fourth-order valence-corrected chi connectivity index (χ4v) is 5.07. The molecule has 0 radical (unpaired) electrons. The number of carboxylic acid groups (broad SMARTS) is 2. The van der Waals surface area contributed by atoms with E-state index in [-0.39, 0.29) is 41.3 Å². The van der Waals surface area contributed by atoms with Crippen LogP contribution in [0.25, 0.3) is 0 Å². The van der Waals surface area contributed by atoms with E-state index in [2.05, 4.69) is 4.74 Å². The van der Waals surface area contributed by atoms with Gasteiger partial charge in [0, 0.05) is 20.6 Å². The highest BCUT2D eigenvalue weighted by molar-refractivity contribution is 5.73. The zero-order chi connectivity index (χ0) is 36.3. The smallest absolute Gasteiger partial charge is 0.335 e. The number of aliphatic hydroxyl groups is 6. The lowest BCUT2D eigenvalue weighted by molar-refractivity contribution is -0.228. The number of aromatic hydroxyl groups is 1. The van der Waals surface area contributed by atoms with Gasteiger partial charge in [0.15, 0.2) is 35.2 Å². The third-order valence-corrected chi connectivity index (χ3v) is 7.97. The molecule has 0 saturated carbocycles. The Morgan fingerprint density at radius 2 is 1.44 bits per heavy atom. The highest BCUT2D eigenvalue weighted by atomic mass is 16.7. The van der Waals surface area contributed by atoms with E-state index in [4.69, 9.17) is 29.2 Å². The quantitative estimate of drug-likeness (QED) is 0.104. The third-order valence-electron chi connectivity index (χ3n) is 7.97. The summed E-state index contributed by atoms with van der Waals surface area (Å²) < 4.78 is 26.2. The van der Waals surface area contributed by atoms with Crippen molar-refractivity contribution >= 4 is 11.9 Å². The third kappa shape index (κ3) is 10.6. The molecule has 1 fully saturated rings. The van der Waals surface area contributed by atoms with Crippen LogP contribution in [0, 0.1) is 11.8 Å². The molecule has 1 saturated heterocycles. The number of phenolic OH excluding ortho intramolecular Hbond substituents is 1. The molecule has 2 aromatic carbocycles. The molecule has 0 amide bonds. The largest absolute Gasteiger partial charge is 0.504 e. The van der Waals surface area contributed by atoms with E-state index in [1.807, 2.05) is 13.8 Å². The van der Waals surface area contributed by atoms with Crippen LogP contribution in [0.5, 0.6) is 23.0 Å². The van der Waals surface area contributed by atoms with Gasteiger partial charge in [0.1, 0.15) is 18.3 Å². The summed E-state index contributed by atoms with van der Waals surface area (Å²) in [5.74, 6) is -2.71. The summed E-state index contributed by atoms with van der Waals surface area (Å²) in [5.41, 5.74) is 1.58. The predicted molar refractivity (Wildman–Crippen MR) is 166 cm³/mol. The molecule has 3 rings (SSSR count). The zero-order valence-corrected chi connectivity index (χ0v) is 27.2. The number of carboxylic acids is 2. The van der Waals surface area contributed by atoms with Crippen molar-refractivity contribution in [1.82, 2.24) is 0 Å². The van der Waals surface area contributed by atoms with Crippen molar-refractivity contribution in [1.29, 1.82) is 0 Å². The Balaban J connectivity index is 0.00000392. The lowest BCUT2D eigenvalue weighted by atomic mass is 9.85. The van der Waals surface area contributed by atoms with E-state index in [1.165, 1.54) is 19.2 Å². The molecule has 9 N–H and O–H groups in total. The highest BCUT2D eigenvalue weighted by Gasteiger charge is 2.42. The number of aliphatic carboxylic acids is 2. The van der Waals surface area contributed by atoms with E-state index in [1.54, 1.807) is 24.3 Å². The van der Waals surface area contributed by atoms with E-state index in [0.717, 1.165) is 25.3 Å². The van der Waals surface area contributed by atoms with E-state index < -0.39 is 61.1 Å². The Bertz CT molecular complexity index is 1320. The maximum Gasteiger partial charge on any atom is 0.335 e. The number of hydrogen-bond acceptors (Lipinski definition) is 14. The summed E-state index contributed by atoms with van der Waals surface area (Å²) >= 11 is 0. The summed E-state index contributed by atoms with van der Waals surface area (Å²) in [6.07, 6.45) is -12.7.